The summed E-state index contributed by atoms with van der Waals surface area (Å²) in [5, 5.41) is 0. The summed E-state index contributed by atoms with van der Waals surface area (Å²) in [6, 6.07) is 4.43. The van der Waals surface area contributed by atoms with E-state index in [0.29, 0.717) is 12.5 Å². The molecule has 1 aliphatic rings. The fraction of sp³-hybridized carbons (Fsp3) is 0.647. The number of nitrogens with zero attached hydrogens (tertiary/aromatic N) is 2. The Bertz CT molecular complexity index is 510. The van der Waals surface area contributed by atoms with Crippen LogP contribution in [0.5, 0.6) is 0 Å². The zero-order valence-electron chi connectivity index (χ0n) is 12.8. The van der Waals surface area contributed by atoms with Gasteiger partial charge in [-0.25, -0.2) is 0 Å². The second-order valence-corrected chi connectivity index (χ2v) is 5.85. The quantitative estimate of drug-likeness (QED) is 0.821. The summed E-state index contributed by atoms with van der Waals surface area (Å²) in [4.78, 5) is 17.1. The molecule has 0 radical (unpaired) electrons. The highest BCUT2D eigenvalue weighted by molar-refractivity contribution is 5.78. The highest BCUT2D eigenvalue weighted by atomic mass is 16.2. The highest BCUT2D eigenvalue weighted by Gasteiger charge is 2.12. The van der Waals surface area contributed by atoms with Gasteiger partial charge in [0.1, 0.15) is 5.49 Å². The van der Waals surface area contributed by atoms with Crippen LogP contribution in [-0.2, 0) is 0 Å². The van der Waals surface area contributed by atoms with E-state index in [1.54, 1.807) is 4.57 Å². The first-order chi connectivity index (χ1) is 9.70. The van der Waals surface area contributed by atoms with Gasteiger partial charge < -0.3 is 0 Å². The molecule has 1 aromatic heterocycles. The number of aryl methyl sites for hydroxylation is 1. The molecule has 3 nitrogen and oxygen atoms in total. The number of hydrogen-bond donors (Lipinski definition) is 0. The van der Waals surface area contributed by atoms with Crippen molar-refractivity contribution in [3.63, 3.8) is 0 Å². The normalized spacial score (nSPS) is 17.4. The van der Waals surface area contributed by atoms with Gasteiger partial charge in [-0.15, -0.1) is 0 Å². The molecule has 0 N–H and O–H groups in total. The van der Waals surface area contributed by atoms with Gasteiger partial charge in [-0.3, -0.25) is 14.4 Å². The second kappa shape index (κ2) is 7.41. The summed E-state index contributed by atoms with van der Waals surface area (Å²) in [6.45, 7) is 4.17. The number of carbonyl (C=O) groups excluding carboxylic acids is 1. The molecule has 1 aliphatic carbocycles. The van der Waals surface area contributed by atoms with Crippen molar-refractivity contribution in [2.24, 2.45) is 4.99 Å². The largest absolute Gasteiger partial charge is 0.274 e. The van der Waals surface area contributed by atoms with Gasteiger partial charge in [-0.2, -0.15) is 0 Å². The predicted molar refractivity (Wildman–Crippen MR) is 81.8 cm³/mol. The molecule has 3 heteroatoms. The molecule has 0 amide bonds. The standard InChI is InChI=1S/C17H26N2O/c1-3-4-10-17(20)19-12-11-14(2)13-16(19)18-15-8-6-5-7-9-15/h11-13,15H,3-10H2,1-2H3. The number of rotatable bonds is 4. The molecule has 0 spiro atoms. The van der Waals surface area contributed by atoms with Gasteiger partial charge in [0.05, 0.1) is 6.04 Å². The Labute approximate surface area is 121 Å². The van der Waals surface area contributed by atoms with Crippen LogP contribution in [0, 0.1) is 6.92 Å². The van der Waals surface area contributed by atoms with Crippen molar-refractivity contribution in [3.05, 3.63) is 29.4 Å². The molecule has 0 bridgehead atoms. The Morgan fingerprint density at radius 3 is 2.80 bits per heavy atom. The minimum Gasteiger partial charge on any atom is -0.274 e. The Morgan fingerprint density at radius 2 is 2.10 bits per heavy atom. The monoisotopic (exact) mass is 274 g/mol. The molecule has 0 saturated heterocycles. The lowest BCUT2D eigenvalue weighted by Crippen LogP contribution is -2.29. The first-order valence-electron chi connectivity index (χ1n) is 7.97. The van der Waals surface area contributed by atoms with Gasteiger partial charge in [-0.1, -0.05) is 32.6 Å². The molecule has 0 aromatic carbocycles. The minimum absolute atomic E-state index is 0.168. The molecule has 2 rings (SSSR count). The molecule has 0 aliphatic heterocycles. The third-order valence-corrected chi connectivity index (χ3v) is 3.99. The number of unbranched alkanes of at least 4 members (excludes halogenated alkanes) is 1. The summed E-state index contributed by atoms with van der Waals surface area (Å²) in [6.07, 6.45) is 10.7. The number of carbonyl (C=O) groups is 1. The summed E-state index contributed by atoms with van der Waals surface area (Å²) < 4.78 is 1.75. The molecule has 0 unspecified atom stereocenters. The molecule has 1 heterocycles. The number of aromatic nitrogens is 1. The molecule has 1 fully saturated rings. The zero-order valence-corrected chi connectivity index (χ0v) is 12.8. The fourth-order valence-corrected chi connectivity index (χ4v) is 2.75. The summed E-state index contributed by atoms with van der Waals surface area (Å²) >= 11 is 0. The molecule has 0 atom stereocenters. The van der Waals surface area contributed by atoms with Gasteiger partial charge in [0.15, 0.2) is 0 Å². The number of hydrogen-bond acceptors (Lipinski definition) is 2. The van der Waals surface area contributed by atoms with E-state index in [1.807, 2.05) is 18.3 Å². The van der Waals surface area contributed by atoms with Crippen LogP contribution in [0.3, 0.4) is 0 Å². The summed E-state index contributed by atoms with van der Waals surface area (Å²) in [5.41, 5.74) is 2.01. The van der Waals surface area contributed by atoms with Gasteiger partial charge in [0.2, 0.25) is 5.91 Å². The average Bonchev–Trinajstić information content (AvgIpc) is 2.46. The van der Waals surface area contributed by atoms with E-state index in [4.69, 9.17) is 4.99 Å². The van der Waals surface area contributed by atoms with Crippen LogP contribution in [0.1, 0.15) is 68.6 Å². The topological polar surface area (TPSA) is 34.4 Å². The lowest BCUT2D eigenvalue weighted by Gasteiger charge is -2.18. The van der Waals surface area contributed by atoms with Gasteiger partial charge in [-0.05, 0) is 43.9 Å². The van der Waals surface area contributed by atoms with Crippen LogP contribution in [0.4, 0.5) is 0 Å². The van der Waals surface area contributed by atoms with E-state index >= 15 is 0 Å². The molecule has 1 saturated carbocycles. The SMILES string of the molecule is CCCCC(=O)n1ccc(C)cc1=NC1CCCCC1. The first kappa shape index (κ1) is 15.0. The van der Waals surface area contributed by atoms with Crippen molar-refractivity contribution < 1.29 is 4.79 Å². The highest BCUT2D eigenvalue weighted by Crippen LogP contribution is 2.19. The van der Waals surface area contributed by atoms with Crippen molar-refractivity contribution in [1.82, 2.24) is 4.57 Å². The van der Waals surface area contributed by atoms with E-state index in [-0.39, 0.29) is 5.91 Å². The minimum atomic E-state index is 0.168. The van der Waals surface area contributed by atoms with Crippen LogP contribution in [-0.4, -0.2) is 16.5 Å². The van der Waals surface area contributed by atoms with E-state index in [1.165, 1.54) is 24.8 Å². The van der Waals surface area contributed by atoms with Crippen LogP contribution in [0.25, 0.3) is 0 Å². The van der Waals surface area contributed by atoms with Crippen LogP contribution >= 0.6 is 0 Å². The Morgan fingerprint density at radius 1 is 1.35 bits per heavy atom. The molecular formula is C17H26N2O. The molecule has 1 aromatic rings. The lowest BCUT2D eigenvalue weighted by molar-refractivity contribution is 0.0893. The molecule has 110 valence electrons. The molecular weight excluding hydrogens is 248 g/mol. The maximum Gasteiger partial charge on any atom is 0.232 e. The van der Waals surface area contributed by atoms with Crippen LogP contribution < -0.4 is 5.49 Å². The van der Waals surface area contributed by atoms with E-state index in [0.717, 1.165) is 31.2 Å². The number of pyridine rings is 1. The average molecular weight is 274 g/mol. The van der Waals surface area contributed by atoms with E-state index < -0.39 is 0 Å². The summed E-state index contributed by atoms with van der Waals surface area (Å²) in [7, 11) is 0. The third-order valence-electron chi connectivity index (χ3n) is 3.99. The smallest absolute Gasteiger partial charge is 0.232 e. The van der Waals surface area contributed by atoms with E-state index in [2.05, 4.69) is 13.8 Å². The van der Waals surface area contributed by atoms with E-state index in [9.17, 15) is 4.79 Å². The van der Waals surface area contributed by atoms with Crippen molar-refractivity contribution in [1.29, 1.82) is 0 Å². The Hall–Kier alpha value is -1.38. The maximum atomic E-state index is 12.3. The third kappa shape index (κ3) is 4.06. The fourth-order valence-electron chi connectivity index (χ4n) is 2.75. The van der Waals surface area contributed by atoms with Gasteiger partial charge in [0, 0.05) is 12.6 Å². The molecule has 20 heavy (non-hydrogen) atoms. The van der Waals surface area contributed by atoms with Crippen LogP contribution in [0.15, 0.2) is 23.3 Å². The Balaban J connectivity index is 2.27. The second-order valence-electron chi connectivity index (χ2n) is 5.85. The lowest BCUT2D eigenvalue weighted by atomic mass is 9.96. The van der Waals surface area contributed by atoms with Crippen molar-refractivity contribution in [2.45, 2.75) is 71.3 Å². The van der Waals surface area contributed by atoms with Crippen molar-refractivity contribution in [2.75, 3.05) is 0 Å². The van der Waals surface area contributed by atoms with Crippen molar-refractivity contribution >= 4 is 5.91 Å². The summed E-state index contributed by atoms with van der Waals surface area (Å²) in [5.74, 6) is 0.168. The van der Waals surface area contributed by atoms with Gasteiger partial charge in [0.25, 0.3) is 0 Å². The maximum absolute atomic E-state index is 12.3. The first-order valence-corrected chi connectivity index (χ1v) is 7.97. The van der Waals surface area contributed by atoms with Gasteiger partial charge >= 0.3 is 0 Å². The van der Waals surface area contributed by atoms with Crippen molar-refractivity contribution in [3.8, 4) is 0 Å². The Kier molecular flexibility index (Phi) is 5.57. The zero-order chi connectivity index (χ0) is 14.4. The predicted octanol–water partition coefficient (Wildman–Crippen LogP) is 3.86. The van der Waals surface area contributed by atoms with Crippen LogP contribution in [0.2, 0.25) is 0 Å².